The Bertz CT molecular complexity index is 1010. The van der Waals surface area contributed by atoms with E-state index in [1.165, 1.54) is 37.3 Å². The summed E-state index contributed by atoms with van der Waals surface area (Å²) in [6.07, 6.45) is 1.38. The van der Waals surface area contributed by atoms with Crippen LogP contribution in [0, 0.1) is 0 Å². The summed E-state index contributed by atoms with van der Waals surface area (Å²) in [4.78, 5) is 52.7. The van der Waals surface area contributed by atoms with Crippen LogP contribution in [0.15, 0.2) is 60.3 Å². The molecule has 1 atom stereocenters. The first kappa shape index (κ1) is 17.8. The van der Waals surface area contributed by atoms with E-state index < -0.39 is 36.3 Å². The highest BCUT2D eigenvalue weighted by molar-refractivity contribution is 6.24. The summed E-state index contributed by atoms with van der Waals surface area (Å²) >= 11 is 0. The summed E-state index contributed by atoms with van der Waals surface area (Å²) in [6.45, 7) is 0.401. The topological polar surface area (TPSA) is 74.8 Å². The molecule has 28 heavy (non-hydrogen) atoms. The summed E-state index contributed by atoms with van der Waals surface area (Å²) in [5.41, 5.74) is 0.703. The standard InChI is InChI=1S/C21H15FN2O4/c1-2-16(23-18(25)12-7-3-4-8-13(12)19(23)26)17(11-22)24-20(27)14-9-5-6-10-15(14)21(24)28/h2-10,17H,11H2,1H3/b16-2+. The number of alkyl halides is 1. The van der Waals surface area contributed by atoms with Crippen molar-refractivity contribution in [2.75, 3.05) is 6.67 Å². The Kier molecular flexibility index (Phi) is 4.15. The van der Waals surface area contributed by atoms with E-state index in [2.05, 4.69) is 0 Å². The molecule has 0 saturated carbocycles. The molecular formula is C21H15FN2O4. The van der Waals surface area contributed by atoms with Gasteiger partial charge in [0.2, 0.25) is 0 Å². The smallest absolute Gasteiger partial charge is 0.265 e. The fraction of sp³-hybridized carbons (Fsp3) is 0.143. The van der Waals surface area contributed by atoms with Crippen molar-refractivity contribution in [2.24, 2.45) is 0 Å². The fourth-order valence-corrected chi connectivity index (χ4v) is 3.67. The van der Waals surface area contributed by atoms with Crippen LogP contribution in [0.25, 0.3) is 0 Å². The maximum absolute atomic E-state index is 14.1. The second-order valence-electron chi connectivity index (χ2n) is 6.40. The number of hydrogen-bond donors (Lipinski definition) is 0. The average Bonchev–Trinajstić information content (AvgIpc) is 3.12. The molecule has 0 N–H and O–H groups in total. The quantitative estimate of drug-likeness (QED) is 0.767. The molecule has 0 radical (unpaired) electrons. The van der Waals surface area contributed by atoms with Gasteiger partial charge in [-0.3, -0.25) is 24.1 Å². The first-order chi connectivity index (χ1) is 13.5. The molecular weight excluding hydrogens is 363 g/mol. The summed E-state index contributed by atoms with van der Waals surface area (Å²) in [6, 6.07) is 11.1. The largest absolute Gasteiger partial charge is 0.269 e. The second kappa shape index (κ2) is 6.53. The molecule has 0 bridgehead atoms. The van der Waals surface area contributed by atoms with Crippen molar-refractivity contribution < 1.29 is 23.6 Å². The molecule has 2 heterocycles. The molecule has 4 rings (SSSR count). The lowest BCUT2D eigenvalue weighted by Crippen LogP contribution is -2.47. The van der Waals surface area contributed by atoms with Crippen molar-refractivity contribution in [2.45, 2.75) is 13.0 Å². The highest BCUT2D eigenvalue weighted by Crippen LogP contribution is 2.32. The molecule has 140 valence electrons. The van der Waals surface area contributed by atoms with Gasteiger partial charge in [0.05, 0.1) is 28.0 Å². The van der Waals surface area contributed by atoms with E-state index >= 15 is 0 Å². The fourth-order valence-electron chi connectivity index (χ4n) is 3.67. The number of benzene rings is 2. The van der Waals surface area contributed by atoms with Crippen molar-refractivity contribution in [3.63, 3.8) is 0 Å². The van der Waals surface area contributed by atoms with Crippen LogP contribution < -0.4 is 0 Å². The number of rotatable bonds is 4. The van der Waals surface area contributed by atoms with E-state index in [9.17, 15) is 23.6 Å². The van der Waals surface area contributed by atoms with Crippen molar-refractivity contribution in [1.82, 2.24) is 9.80 Å². The number of imide groups is 2. The first-order valence-electron chi connectivity index (χ1n) is 8.68. The predicted octanol–water partition coefficient (Wildman–Crippen LogP) is 2.82. The van der Waals surface area contributed by atoms with Crippen molar-refractivity contribution >= 4 is 23.6 Å². The lowest BCUT2D eigenvalue weighted by molar-refractivity contribution is 0.0519. The minimum absolute atomic E-state index is 0.0387. The first-order valence-corrected chi connectivity index (χ1v) is 8.68. The molecule has 0 spiro atoms. The van der Waals surface area contributed by atoms with Gasteiger partial charge in [-0.05, 0) is 31.2 Å². The molecule has 2 aromatic rings. The van der Waals surface area contributed by atoms with Gasteiger partial charge in [-0.2, -0.15) is 0 Å². The Morgan fingerprint density at radius 2 is 1.21 bits per heavy atom. The number of carbonyl (C=O) groups excluding carboxylic acids is 4. The van der Waals surface area contributed by atoms with Gasteiger partial charge in [-0.25, -0.2) is 9.29 Å². The van der Waals surface area contributed by atoms with Crippen LogP contribution in [0.2, 0.25) is 0 Å². The Labute approximate surface area is 159 Å². The van der Waals surface area contributed by atoms with E-state index in [1.54, 1.807) is 24.3 Å². The molecule has 7 heteroatoms. The molecule has 4 amide bonds. The normalized spacial score (nSPS) is 17.3. The van der Waals surface area contributed by atoms with Gasteiger partial charge in [0.25, 0.3) is 23.6 Å². The summed E-state index contributed by atoms with van der Waals surface area (Å²) in [5.74, 6) is -2.52. The SMILES string of the molecule is C/C=C(\C(CF)N1C(=O)c2ccccc2C1=O)N1C(=O)c2ccccc2C1=O. The summed E-state index contributed by atoms with van der Waals surface area (Å²) in [5, 5.41) is 0. The van der Waals surface area contributed by atoms with Gasteiger partial charge in [0.15, 0.2) is 0 Å². The third-order valence-electron chi connectivity index (χ3n) is 4.97. The van der Waals surface area contributed by atoms with E-state index in [1.807, 2.05) is 0 Å². The Balaban J connectivity index is 1.75. The molecule has 0 saturated heterocycles. The number of hydrogen-bond acceptors (Lipinski definition) is 4. The zero-order valence-corrected chi connectivity index (χ0v) is 14.9. The number of halogens is 1. The molecule has 0 aliphatic carbocycles. The van der Waals surface area contributed by atoms with Crippen LogP contribution in [0.5, 0.6) is 0 Å². The number of nitrogens with zero attached hydrogens (tertiary/aromatic N) is 2. The highest BCUT2D eigenvalue weighted by atomic mass is 19.1. The average molecular weight is 378 g/mol. The number of fused-ring (bicyclic) bond motifs is 2. The van der Waals surface area contributed by atoms with Gasteiger partial charge < -0.3 is 0 Å². The molecule has 2 aliphatic rings. The molecule has 2 aliphatic heterocycles. The van der Waals surface area contributed by atoms with Gasteiger partial charge in [0, 0.05) is 0 Å². The van der Waals surface area contributed by atoms with Crippen LogP contribution in [0.4, 0.5) is 4.39 Å². The van der Waals surface area contributed by atoms with Gasteiger partial charge in [-0.1, -0.05) is 30.3 Å². The molecule has 6 nitrogen and oxygen atoms in total. The van der Waals surface area contributed by atoms with Crippen LogP contribution >= 0.6 is 0 Å². The van der Waals surface area contributed by atoms with E-state index in [0.29, 0.717) is 0 Å². The maximum atomic E-state index is 14.1. The Morgan fingerprint density at radius 1 is 0.821 bits per heavy atom. The molecule has 0 fully saturated rings. The predicted molar refractivity (Wildman–Crippen MR) is 97.4 cm³/mol. The highest BCUT2D eigenvalue weighted by Gasteiger charge is 2.46. The molecule has 2 aromatic carbocycles. The lowest BCUT2D eigenvalue weighted by atomic mass is 10.1. The third-order valence-corrected chi connectivity index (χ3v) is 4.97. The zero-order valence-electron chi connectivity index (χ0n) is 14.9. The Hall–Kier alpha value is -3.61. The van der Waals surface area contributed by atoms with E-state index in [0.717, 1.165) is 9.80 Å². The van der Waals surface area contributed by atoms with Crippen LogP contribution in [0.1, 0.15) is 48.4 Å². The molecule has 1 unspecified atom stereocenters. The van der Waals surface area contributed by atoms with Crippen molar-refractivity contribution in [1.29, 1.82) is 0 Å². The zero-order chi connectivity index (χ0) is 20.0. The van der Waals surface area contributed by atoms with E-state index in [-0.39, 0.29) is 28.0 Å². The molecule has 0 aromatic heterocycles. The summed E-state index contributed by atoms with van der Waals surface area (Å²) in [7, 11) is 0. The summed E-state index contributed by atoms with van der Waals surface area (Å²) < 4.78 is 14.1. The van der Waals surface area contributed by atoms with Gasteiger partial charge in [0.1, 0.15) is 12.7 Å². The lowest BCUT2D eigenvalue weighted by Gasteiger charge is -2.30. The van der Waals surface area contributed by atoms with Crippen LogP contribution in [0.3, 0.4) is 0 Å². The number of carbonyl (C=O) groups is 4. The monoisotopic (exact) mass is 378 g/mol. The minimum Gasteiger partial charge on any atom is -0.269 e. The Morgan fingerprint density at radius 3 is 1.57 bits per heavy atom. The second-order valence-corrected chi connectivity index (χ2v) is 6.40. The van der Waals surface area contributed by atoms with Gasteiger partial charge in [-0.15, -0.1) is 0 Å². The number of allylic oxidation sites excluding steroid dienone is 1. The third kappa shape index (κ3) is 2.32. The maximum Gasteiger partial charge on any atom is 0.265 e. The van der Waals surface area contributed by atoms with Crippen molar-refractivity contribution in [3.05, 3.63) is 82.6 Å². The number of amides is 4. The minimum atomic E-state index is -1.39. The van der Waals surface area contributed by atoms with Gasteiger partial charge >= 0.3 is 0 Å². The van der Waals surface area contributed by atoms with Crippen molar-refractivity contribution in [3.8, 4) is 0 Å². The van der Waals surface area contributed by atoms with Crippen LogP contribution in [-0.4, -0.2) is 46.1 Å². The van der Waals surface area contributed by atoms with Crippen LogP contribution in [-0.2, 0) is 0 Å². The van der Waals surface area contributed by atoms with E-state index in [4.69, 9.17) is 0 Å².